The minimum atomic E-state index is -3.39. The van der Waals surface area contributed by atoms with Gasteiger partial charge in [0.1, 0.15) is 5.25 Å². The van der Waals surface area contributed by atoms with Crippen LogP contribution in [0.15, 0.2) is 54.6 Å². The van der Waals surface area contributed by atoms with Gasteiger partial charge in [0.2, 0.25) is 10.0 Å². The Balaban J connectivity index is 1.91. The number of hydrogen-bond donors (Lipinski definition) is 0. The number of hydrogen-bond acceptors (Lipinski definition) is 3. The van der Waals surface area contributed by atoms with E-state index in [9.17, 15) is 8.42 Å². The van der Waals surface area contributed by atoms with Crippen molar-refractivity contribution in [1.82, 2.24) is 4.90 Å². The molecule has 2 aliphatic heterocycles. The first kappa shape index (κ1) is 14.7. The molecule has 4 nitrogen and oxygen atoms in total. The molecule has 0 amide bonds. The van der Waals surface area contributed by atoms with Gasteiger partial charge in [-0.15, -0.1) is 0 Å². The molecule has 2 aromatic rings. The second-order valence-corrected chi connectivity index (χ2v) is 8.56. The van der Waals surface area contributed by atoms with Crippen molar-refractivity contribution < 1.29 is 8.42 Å². The fourth-order valence-electron chi connectivity index (χ4n) is 4.12. The number of fused-ring (bicyclic) bond motifs is 3. The summed E-state index contributed by atoms with van der Waals surface area (Å²) >= 11 is 0. The van der Waals surface area contributed by atoms with Gasteiger partial charge < -0.3 is 0 Å². The fraction of sp³-hybridized carbons (Fsp3) is 0.333. The lowest BCUT2D eigenvalue weighted by molar-refractivity contribution is 0.315. The van der Waals surface area contributed by atoms with Crippen LogP contribution in [-0.2, 0) is 10.0 Å². The predicted octanol–water partition coefficient (Wildman–Crippen LogP) is 2.61. The van der Waals surface area contributed by atoms with Gasteiger partial charge >= 0.3 is 0 Å². The van der Waals surface area contributed by atoms with Crippen LogP contribution in [0.3, 0.4) is 0 Å². The first-order valence-corrected chi connectivity index (χ1v) is 9.34. The Hall–Kier alpha value is -1.85. The summed E-state index contributed by atoms with van der Waals surface area (Å²) in [5, 5.41) is -0.435. The van der Waals surface area contributed by atoms with Crippen LogP contribution in [0.4, 0.5) is 5.69 Å². The zero-order valence-electron chi connectivity index (χ0n) is 13.3. The molecule has 2 heterocycles. The van der Waals surface area contributed by atoms with Gasteiger partial charge in [-0.3, -0.25) is 9.21 Å². The number of benzene rings is 2. The average Bonchev–Trinajstić information content (AvgIpc) is 2.92. The molecule has 1 saturated heterocycles. The molecule has 0 saturated carbocycles. The number of para-hydroxylation sites is 1. The predicted molar refractivity (Wildman–Crippen MR) is 92.1 cm³/mol. The van der Waals surface area contributed by atoms with Crippen molar-refractivity contribution in [3.63, 3.8) is 0 Å². The van der Waals surface area contributed by atoms with Crippen molar-refractivity contribution in [2.45, 2.75) is 17.2 Å². The molecule has 3 atom stereocenters. The van der Waals surface area contributed by atoms with E-state index in [1.165, 1.54) is 4.31 Å². The van der Waals surface area contributed by atoms with E-state index in [1.807, 2.05) is 55.6 Å². The van der Waals surface area contributed by atoms with Gasteiger partial charge in [-0.2, -0.15) is 0 Å². The summed E-state index contributed by atoms with van der Waals surface area (Å²) in [7, 11) is 0.306. The van der Waals surface area contributed by atoms with Gasteiger partial charge in [0, 0.05) is 19.5 Å². The zero-order chi connectivity index (χ0) is 16.2. The maximum Gasteiger partial charge on any atom is 0.240 e. The second-order valence-electron chi connectivity index (χ2n) is 6.44. The Morgan fingerprint density at radius 1 is 0.957 bits per heavy atom. The summed E-state index contributed by atoms with van der Waals surface area (Å²) < 4.78 is 27.8. The standard InChI is InChI=1S/C18H20N2O2S/c1-19-12-15(13-8-4-3-5-9-13)18-17(19)14-10-6-7-11-16(14)20(2)23(18,21)22/h3-11,15,17-18H,12H2,1-2H3/t15-,17+,18-/m0/s1. The van der Waals surface area contributed by atoms with E-state index in [4.69, 9.17) is 0 Å². The van der Waals surface area contributed by atoms with Crippen LogP contribution in [-0.4, -0.2) is 39.2 Å². The maximum absolute atomic E-state index is 13.2. The van der Waals surface area contributed by atoms with Gasteiger partial charge in [0.05, 0.1) is 11.7 Å². The summed E-state index contributed by atoms with van der Waals surface area (Å²) in [6, 6.07) is 17.8. The molecule has 2 aliphatic rings. The third-order valence-electron chi connectivity index (χ3n) is 5.22. The molecule has 0 N–H and O–H groups in total. The largest absolute Gasteiger partial charge is 0.297 e. The van der Waals surface area contributed by atoms with Gasteiger partial charge in [-0.25, -0.2) is 8.42 Å². The molecule has 2 aromatic carbocycles. The summed E-state index contributed by atoms with van der Waals surface area (Å²) in [6.45, 7) is 0.751. The number of anilines is 1. The van der Waals surface area contributed by atoms with E-state index in [0.717, 1.165) is 23.4 Å². The van der Waals surface area contributed by atoms with E-state index in [0.29, 0.717) is 0 Å². The van der Waals surface area contributed by atoms with Gasteiger partial charge in [-0.05, 0) is 24.2 Å². The van der Waals surface area contributed by atoms with Gasteiger partial charge in [0.25, 0.3) is 0 Å². The van der Waals surface area contributed by atoms with Crippen LogP contribution in [0, 0.1) is 0 Å². The number of likely N-dealkylation sites (tertiary alicyclic amines) is 1. The summed E-state index contributed by atoms with van der Waals surface area (Å²) in [5.41, 5.74) is 3.01. The van der Waals surface area contributed by atoms with Crippen LogP contribution >= 0.6 is 0 Å². The van der Waals surface area contributed by atoms with E-state index >= 15 is 0 Å². The van der Waals surface area contributed by atoms with Crippen molar-refractivity contribution >= 4 is 15.7 Å². The highest BCUT2D eigenvalue weighted by molar-refractivity contribution is 7.93. The number of rotatable bonds is 1. The molecule has 0 bridgehead atoms. The SMILES string of the molecule is CN1C[C@@H](c2ccccc2)[C@H]2[C@H]1c1ccccc1N(C)S2(=O)=O. The topological polar surface area (TPSA) is 40.6 Å². The van der Waals surface area contributed by atoms with E-state index in [2.05, 4.69) is 11.0 Å². The smallest absolute Gasteiger partial charge is 0.240 e. The van der Waals surface area contributed by atoms with Crippen molar-refractivity contribution in [2.24, 2.45) is 0 Å². The first-order chi connectivity index (χ1) is 11.0. The average molecular weight is 328 g/mol. The summed E-state index contributed by atoms with van der Waals surface area (Å²) in [4.78, 5) is 2.19. The van der Waals surface area contributed by atoms with Gasteiger partial charge in [-0.1, -0.05) is 48.5 Å². The molecule has 0 aliphatic carbocycles. The Morgan fingerprint density at radius 3 is 2.35 bits per heavy atom. The molecule has 5 heteroatoms. The molecule has 0 aromatic heterocycles. The van der Waals surface area contributed by atoms with Gasteiger partial charge in [0.15, 0.2) is 0 Å². The number of likely N-dealkylation sites (N-methyl/N-ethyl adjacent to an activating group) is 1. The second kappa shape index (κ2) is 5.08. The van der Waals surface area contributed by atoms with E-state index in [-0.39, 0.29) is 12.0 Å². The third kappa shape index (κ3) is 2.03. The minimum absolute atomic E-state index is 0.00740. The molecule has 0 unspecified atom stereocenters. The van der Waals surface area contributed by atoms with Crippen LogP contribution < -0.4 is 4.31 Å². The molecule has 0 radical (unpaired) electrons. The Kier molecular flexibility index (Phi) is 3.25. The van der Waals surface area contributed by atoms with Crippen molar-refractivity contribution in [1.29, 1.82) is 0 Å². The fourth-order valence-corrected chi connectivity index (χ4v) is 6.27. The van der Waals surface area contributed by atoms with E-state index in [1.54, 1.807) is 7.05 Å². The molecule has 23 heavy (non-hydrogen) atoms. The normalized spacial score (nSPS) is 29.1. The highest BCUT2D eigenvalue weighted by Gasteiger charge is 2.53. The lowest BCUT2D eigenvalue weighted by Gasteiger charge is -2.38. The molecule has 120 valence electrons. The van der Waals surface area contributed by atoms with Crippen LogP contribution in [0.2, 0.25) is 0 Å². The quantitative estimate of drug-likeness (QED) is 0.808. The van der Waals surface area contributed by atoms with E-state index < -0.39 is 15.3 Å². The first-order valence-electron chi connectivity index (χ1n) is 7.83. The lowest BCUT2D eigenvalue weighted by Crippen LogP contribution is -2.45. The van der Waals surface area contributed by atoms with Crippen LogP contribution in [0.25, 0.3) is 0 Å². The molecular formula is C18H20N2O2S. The highest BCUT2D eigenvalue weighted by Crippen LogP contribution is 2.50. The lowest BCUT2D eigenvalue weighted by atomic mass is 9.92. The Morgan fingerprint density at radius 2 is 1.61 bits per heavy atom. The molecular weight excluding hydrogens is 308 g/mol. The van der Waals surface area contributed by atoms with Crippen molar-refractivity contribution in [2.75, 3.05) is 24.9 Å². The number of sulfonamides is 1. The zero-order valence-corrected chi connectivity index (χ0v) is 14.1. The maximum atomic E-state index is 13.2. The molecule has 4 rings (SSSR count). The summed E-state index contributed by atoms with van der Waals surface area (Å²) in [5.74, 6) is -0.00740. The van der Waals surface area contributed by atoms with Crippen molar-refractivity contribution in [3.8, 4) is 0 Å². The molecule has 0 spiro atoms. The summed E-state index contributed by atoms with van der Waals surface area (Å²) in [6.07, 6.45) is 0. The van der Waals surface area contributed by atoms with Crippen LogP contribution in [0.1, 0.15) is 23.1 Å². The van der Waals surface area contributed by atoms with Crippen molar-refractivity contribution in [3.05, 3.63) is 65.7 Å². The molecule has 1 fully saturated rings. The number of nitrogens with zero attached hydrogens (tertiary/aromatic N) is 2. The monoisotopic (exact) mass is 328 g/mol. The highest BCUT2D eigenvalue weighted by atomic mass is 32.2. The minimum Gasteiger partial charge on any atom is -0.297 e. The Bertz CT molecular complexity index is 835. The third-order valence-corrected chi connectivity index (χ3v) is 7.45. The Labute approximate surface area is 137 Å². The van der Waals surface area contributed by atoms with Crippen LogP contribution in [0.5, 0.6) is 0 Å².